The van der Waals surface area contributed by atoms with Gasteiger partial charge in [0.2, 0.25) is 0 Å². The van der Waals surface area contributed by atoms with E-state index in [1.807, 2.05) is 6.21 Å². The lowest BCUT2D eigenvalue weighted by atomic mass is 9.88. The van der Waals surface area contributed by atoms with Crippen molar-refractivity contribution in [1.29, 1.82) is 0 Å². The molecule has 1 heterocycles. The van der Waals surface area contributed by atoms with E-state index in [9.17, 15) is 4.79 Å². The average Bonchev–Trinajstić information content (AvgIpc) is 2.60. The topological polar surface area (TPSA) is 52.9 Å². The Morgan fingerprint density at radius 1 is 1.19 bits per heavy atom. The zero-order valence-electron chi connectivity index (χ0n) is 15.7. The molecule has 0 saturated carbocycles. The molecule has 0 fully saturated rings. The number of hydrogen-bond donors (Lipinski definition) is 1. The van der Waals surface area contributed by atoms with Gasteiger partial charge in [0.25, 0.3) is 0 Å². The maximum atomic E-state index is 10.9. The molecule has 2 aromatic rings. The van der Waals surface area contributed by atoms with Crippen molar-refractivity contribution in [3.63, 3.8) is 0 Å². The first-order valence-corrected chi connectivity index (χ1v) is 8.81. The van der Waals surface area contributed by atoms with Crippen LogP contribution in [0, 0.1) is 0 Å². The maximum Gasteiger partial charge on any atom is 0.335 e. The van der Waals surface area contributed by atoms with Crippen LogP contribution in [0.4, 0.5) is 11.4 Å². The van der Waals surface area contributed by atoms with Gasteiger partial charge in [-0.3, -0.25) is 4.99 Å². The van der Waals surface area contributed by atoms with Crippen molar-refractivity contribution in [2.24, 2.45) is 4.99 Å². The van der Waals surface area contributed by atoms with Gasteiger partial charge in [-0.05, 0) is 75.2 Å². The van der Waals surface area contributed by atoms with Crippen LogP contribution in [0.1, 0.15) is 49.2 Å². The van der Waals surface area contributed by atoms with Gasteiger partial charge in [0.15, 0.2) is 0 Å². The first kappa shape index (κ1) is 17.9. The summed E-state index contributed by atoms with van der Waals surface area (Å²) in [5.41, 5.74) is 5.78. The normalized spacial score (nSPS) is 15.7. The fourth-order valence-electron chi connectivity index (χ4n) is 3.60. The van der Waals surface area contributed by atoms with Crippen molar-refractivity contribution in [2.75, 3.05) is 11.4 Å². The van der Waals surface area contributed by atoms with E-state index in [4.69, 9.17) is 5.11 Å². The molecule has 0 atom stereocenters. The van der Waals surface area contributed by atoms with E-state index in [0.717, 1.165) is 17.8 Å². The van der Waals surface area contributed by atoms with Crippen LogP contribution in [-0.4, -0.2) is 29.4 Å². The lowest BCUT2D eigenvalue weighted by molar-refractivity contribution is 0.0697. The summed E-state index contributed by atoms with van der Waals surface area (Å²) in [6.45, 7) is 9.75. The number of aromatic carboxylic acids is 1. The zero-order chi connectivity index (χ0) is 18.9. The Kier molecular flexibility index (Phi) is 4.68. The summed E-state index contributed by atoms with van der Waals surface area (Å²) in [5.74, 6) is -0.930. The van der Waals surface area contributed by atoms with Crippen LogP contribution >= 0.6 is 0 Å². The van der Waals surface area contributed by atoms with Crippen LogP contribution in [0.15, 0.2) is 53.5 Å². The molecule has 3 rings (SSSR count). The van der Waals surface area contributed by atoms with Gasteiger partial charge in [0.05, 0.1) is 16.8 Å². The molecule has 4 heteroatoms. The molecule has 1 aliphatic rings. The summed E-state index contributed by atoms with van der Waals surface area (Å²) in [6, 6.07) is 13.0. The second-order valence-corrected chi connectivity index (χ2v) is 7.11. The predicted molar refractivity (Wildman–Crippen MR) is 108 cm³/mol. The molecule has 0 bridgehead atoms. The average molecular weight is 348 g/mol. The summed E-state index contributed by atoms with van der Waals surface area (Å²) in [4.78, 5) is 17.8. The number of carboxylic acid groups (broad SMARTS) is 1. The van der Waals surface area contributed by atoms with Crippen molar-refractivity contribution in [1.82, 2.24) is 0 Å². The van der Waals surface area contributed by atoms with Crippen LogP contribution in [-0.2, 0) is 0 Å². The van der Waals surface area contributed by atoms with Crippen LogP contribution < -0.4 is 4.90 Å². The van der Waals surface area contributed by atoms with Crippen molar-refractivity contribution in [2.45, 2.75) is 33.2 Å². The van der Waals surface area contributed by atoms with E-state index in [1.165, 1.54) is 16.8 Å². The van der Waals surface area contributed by atoms with E-state index in [-0.39, 0.29) is 11.1 Å². The number of carboxylic acids is 1. The smallest absolute Gasteiger partial charge is 0.335 e. The summed E-state index contributed by atoms with van der Waals surface area (Å²) in [5, 5.41) is 8.95. The highest BCUT2D eigenvalue weighted by molar-refractivity contribution is 5.90. The maximum absolute atomic E-state index is 10.9. The van der Waals surface area contributed by atoms with Crippen molar-refractivity contribution < 1.29 is 9.90 Å². The number of likely N-dealkylation sites (N-methyl/N-ethyl adjacent to an activating group) is 1. The van der Waals surface area contributed by atoms with Crippen molar-refractivity contribution in [3.8, 4) is 0 Å². The molecule has 2 aromatic carbocycles. The number of fused-ring (bicyclic) bond motifs is 1. The highest BCUT2D eigenvalue weighted by atomic mass is 16.4. The third-order valence-corrected chi connectivity index (χ3v) is 4.79. The lowest BCUT2D eigenvalue weighted by Gasteiger charge is -2.42. The highest BCUT2D eigenvalue weighted by Crippen LogP contribution is 2.38. The van der Waals surface area contributed by atoms with Gasteiger partial charge in [-0.15, -0.1) is 0 Å². The van der Waals surface area contributed by atoms with Gasteiger partial charge < -0.3 is 10.0 Å². The molecule has 1 N–H and O–H groups in total. The van der Waals surface area contributed by atoms with Gasteiger partial charge in [-0.2, -0.15) is 0 Å². The first-order valence-electron chi connectivity index (χ1n) is 8.81. The second kappa shape index (κ2) is 6.79. The highest BCUT2D eigenvalue weighted by Gasteiger charge is 2.29. The van der Waals surface area contributed by atoms with Crippen molar-refractivity contribution >= 4 is 29.1 Å². The van der Waals surface area contributed by atoms with E-state index in [0.29, 0.717) is 0 Å². The van der Waals surface area contributed by atoms with Crippen LogP contribution in [0.25, 0.3) is 5.57 Å². The van der Waals surface area contributed by atoms with Crippen LogP contribution in [0.3, 0.4) is 0 Å². The fourth-order valence-corrected chi connectivity index (χ4v) is 3.60. The quantitative estimate of drug-likeness (QED) is 0.777. The molecular weight excluding hydrogens is 324 g/mol. The fraction of sp³-hybridized carbons (Fsp3) is 0.273. The molecule has 4 nitrogen and oxygen atoms in total. The third-order valence-electron chi connectivity index (χ3n) is 4.79. The molecule has 0 radical (unpaired) electrons. The second-order valence-electron chi connectivity index (χ2n) is 7.11. The molecule has 1 aliphatic heterocycles. The largest absolute Gasteiger partial charge is 0.478 e. The Morgan fingerprint density at radius 2 is 1.88 bits per heavy atom. The summed E-state index contributed by atoms with van der Waals surface area (Å²) in [7, 11) is 0. The minimum Gasteiger partial charge on any atom is -0.478 e. The summed E-state index contributed by atoms with van der Waals surface area (Å²) < 4.78 is 0. The van der Waals surface area contributed by atoms with Gasteiger partial charge in [-0.1, -0.05) is 12.1 Å². The monoisotopic (exact) mass is 348 g/mol. The number of benzene rings is 2. The minimum absolute atomic E-state index is 0.00727. The van der Waals surface area contributed by atoms with Gasteiger partial charge in [-0.25, -0.2) is 4.79 Å². The van der Waals surface area contributed by atoms with E-state index >= 15 is 0 Å². The van der Waals surface area contributed by atoms with Crippen LogP contribution in [0.2, 0.25) is 0 Å². The number of nitrogens with zero attached hydrogens (tertiary/aromatic N) is 2. The lowest BCUT2D eigenvalue weighted by Crippen LogP contribution is -2.44. The molecule has 0 unspecified atom stereocenters. The number of aliphatic imine (C=N–C) groups is 1. The summed E-state index contributed by atoms with van der Waals surface area (Å²) >= 11 is 0. The number of allylic oxidation sites excluding steroid dienone is 1. The summed E-state index contributed by atoms with van der Waals surface area (Å²) in [6.07, 6.45) is 4.13. The van der Waals surface area contributed by atoms with Gasteiger partial charge in [0.1, 0.15) is 0 Å². The Bertz CT molecular complexity index is 893. The van der Waals surface area contributed by atoms with Gasteiger partial charge in [0, 0.05) is 24.0 Å². The molecule has 0 aromatic heterocycles. The molecule has 0 saturated heterocycles. The molecule has 0 spiro atoms. The number of hydrogen-bond acceptors (Lipinski definition) is 3. The SMILES string of the molecule is CCN1c2ccc(C=Nc3ccc(C(=O)O)cc3)cc2C(C)=CC1(C)C. The third kappa shape index (κ3) is 3.40. The standard InChI is InChI=1S/C22H24N2O2/c1-5-24-20-11-6-16(12-19(20)15(2)13-22(24,3)4)14-23-18-9-7-17(8-10-18)21(25)26/h6-14H,5H2,1-4H3,(H,25,26). The number of carbonyl (C=O) groups is 1. The Balaban J connectivity index is 1.89. The molecule has 0 aliphatic carbocycles. The molecule has 134 valence electrons. The number of rotatable bonds is 4. The predicted octanol–water partition coefficient (Wildman–Crippen LogP) is 5.16. The zero-order valence-corrected chi connectivity index (χ0v) is 15.7. The van der Waals surface area contributed by atoms with Gasteiger partial charge >= 0.3 is 5.97 Å². The Morgan fingerprint density at radius 3 is 2.50 bits per heavy atom. The molecule has 26 heavy (non-hydrogen) atoms. The van der Waals surface area contributed by atoms with E-state index < -0.39 is 5.97 Å². The van der Waals surface area contributed by atoms with E-state index in [2.05, 4.69) is 61.9 Å². The van der Waals surface area contributed by atoms with Crippen molar-refractivity contribution in [3.05, 3.63) is 65.2 Å². The van der Waals surface area contributed by atoms with E-state index in [1.54, 1.807) is 24.3 Å². The Labute approximate surface area is 154 Å². The molecule has 0 amide bonds. The molecular formula is C22H24N2O2. The van der Waals surface area contributed by atoms with Crippen LogP contribution in [0.5, 0.6) is 0 Å². The Hall–Kier alpha value is -2.88. The minimum atomic E-state index is -0.930. The first-order chi connectivity index (χ1) is 12.3. The number of anilines is 1.